The van der Waals surface area contributed by atoms with Gasteiger partial charge in [-0.3, -0.25) is 38.4 Å². The van der Waals surface area contributed by atoms with Crippen molar-refractivity contribution in [3.8, 4) is 0 Å². The lowest BCUT2D eigenvalue weighted by atomic mass is 9.78. The zero-order valence-corrected chi connectivity index (χ0v) is 56.5. The van der Waals surface area contributed by atoms with Crippen LogP contribution in [0.15, 0.2) is 54.6 Å². The highest BCUT2D eigenvalue weighted by atomic mass is 16.7. The van der Waals surface area contributed by atoms with Gasteiger partial charge in [0, 0.05) is 78.2 Å². The Morgan fingerprint density at radius 1 is 0.648 bits per heavy atom. The summed E-state index contributed by atoms with van der Waals surface area (Å²) in [4.78, 5) is 143. The number of amides is 6. The second-order valence-electron chi connectivity index (χ2n) is 28.1. The van der Waals surface area contributed by atoms with Gasteiger partial charge < -0.3 is 49.0 Å². The number of carbonyl (C=O) groups excluding carboxylic acids is 9. The second kappa shape index (κ2) is 30.2. The van der Waals surface area contributed by atoms with Crippen molar-refractivity contribution in [1.82, 2.24) is 29.8 Å². The van der Waals surface area contributed by atoms with Crippen molar-refractivity contribution in [3.63, 3.8) is 0 Å². The van der Waals surface area contributed by atoms with E-state index in [0.717, 1.165) is 4.90 Å². The highest BCUT2D eigenvalue weighted by Crippen LogP contribution is 2.37. The summed E-state index contributed by atoms with van der Waals surface area (Å²) in [7, 11) is 5.08. The molecule has 488 valence electrons. The van der Waals surface area contributed by atoms with Gasteiger partial charge in [-0.1, -0.05) is 130 Å². The Morgan fingerprint density at radius 3 is 1.76 bits per heavy atom. The summed E-state index contributed by atoms with van der Waals surface area (Å²) in [5.41, 5.74) is -1.23. The van der Waals surface area contributed by atoms with Gasteiger partial charge >= 0.3 is 13.1 Å². The van der Waals surface area contributed by atoms with Crippen molar-refractivity contribution in [3.05, 3.63) is 65.7 Å². The van der Waals surface area contributed by atoms with E-state index in [2.05, 4.69) is 5.32 Å². The number of aliphatic hydroxyl groups is 1. The van der Waals surface area contributed by atoms with Gasteiger partial charge in [-0.2, -0.15) is 0 Å². The first-order valence-electron chi connectivity index (χ1n) is 32.0. The zero-order chi connectivity index (χ0) is 66.2. The van der Waals surface area contributed by atoms with E-state index in [0.29, 0.717) is 42.3 Å². The number of hydrogen-bond acceptors (Lipinski definition) is 13. The summed E-state index contributed by atoms with van der Waals surface area (Å²) in [5.74, 6) is -9.60. The molecule has 0 spiro atoms. The van der Waals surface area contributed by atoms with Crippen molar-refractivity contribution in [1.29, 1.82) is 0 Å². The quantitative estimate of drug-likeness (QED) is 0.146. The number of benzene rings is 2. The first kappa shape index (κ1) is 72.8. The van der Waals surface area contributed by atoms with Crippen molar-refractivity contribution in [2.45, 2.75) is 228 Å². The molecule has 3 heterocycles. The van der Waals surface area contributed by atoms with Crippen molar-refractivity contribution in [2.24, 2.45) is 41.4 Å². The maximum atomic E-state index is 15.8. The number of cyclic esters (lactones) is 1. The maximum absolute atomic E-state index is 15.8. The fourth-order valence-corrected chi connectivity index (χ4v) is 12.9. The molecule has 3 aliphatic rings. The molecule has 0 bridgehead atoms. The second-order valence-corrected chi connectivity index (χ2v) is 28.1. The smallest absolute Gasteiger partial charge is 0.450 e. The number of ether oxygens (including phenoxy) is 1. The lowest BCUT2D eigenvalue weighted by Gasteiger charge is -2.39. The van der Waals surface area contributed by atoms with Gasteiger partial charge in [0.05, 0.1) is 28.9 Å². The maximum Gasteiger partial charge on any atom is 0.494 e. The normalized spacial score (nSPS) is 27.4. The van der Waals surface area contributed by atoms with Crippen LogP contribution in [0.1, 0.15) is 167 Å². The Labute approximate surface area is 525 Å². The Balaban J connectivity index is 1.73. The van der Waals surface area contributed by atoms with E-state index in [4.69, 9.17) is 14.0 Å². The average molecular weight is 1230 g/mol. The molecule has 0 saturated carbocycles. The average Bonchev–Trinajstić information content (AvgIpc) is 3.38. The van der Waals surface area contributed by atoms with Crippen LogP contribution in [0, 0.1) is 41.4 Å². The number of fused-ring (bicyclic) bond motifs is 1. The van der Waals surface area contributed by atoms with Crippen LogP contribution in [0.3, 0.4) is 0 Å². The number of esters is 1. The van der Waals surface area contributed by atoms with Crippen molar-refractivity contribution < 1.29 is 62.3 Å². The molecule has 5 rings (SSSR count). The van der Waals surface area contributed by atoms with E-state index in [1.165, 1.54) is 54.6 Å². The summed E-state index contributed by atoms with van der Waals surface area (Å²) in [6.07, 6.45) is -0.353. The van der Waals surface area contributed by atoms with Crippen LogP contribution < -0.4 is 10.8 Å². The lowest BCUT2D eigenvalue weighted by Crippen LogP contribution is -2.61. The summed E-state index contributed by atoms with van der Waals surface area (Å²) in [6.45, 7) is 28.9. The fourth-order valence-electron chi connectivity index (χ4n) is 12.9. The summed E-state index contributed by atoms with van der Waals surface area (Å²) < 4.78 is 19.0. The molecule has 0 aliphatic carbocycles. The molecule has 11 atom stereocenters. The molecule has 20 heteroatoms. The van der Waals surface area contributed by atoms with E-state index in [1.807, 2.05) is 112 Å². The predicted molar refractivity (Wildman–Crippen MR) is 339 cm³/mol. The van der Waals surface area contributed by atoms with Gasteiger partial charge in [0.1, 0.15) is 18.1 Å². The minimum atomic E-state index is -1.95. The molecular weight excluding hydrogens is 1120 g/mol. The molecule has 0 aromatic heterocycles. The van der Waals surface area contributed by atoms with E-state index in [1.54, 1.807) is 46.9 Å². The van der Waals surface area contributed by atoms with Gasteiger partial charge in [-0.25, -0.2) is 4.79 Å². The Kier molecular flexibility index (Phi) is 25.0. The van der Waals surface area contributed by atoms with Gasteiger partial charge in [-0.15, -0.1) is 0 Å². The molecule has 3 aliphatic heterocycles. The van der Waals surface area contributed by atoms with Crippen LogP contribution >= 0.6 is 0 Å². The van der Waals surface area contributed by atoms with Gasteiger partial charge in [0.25, 0.3) is 5.91 Å². The third-order valence-electron chi connectivity index (χ3n) is 19.1. The largest absolute Gasteiger partial charge is 0.494 e. The van der Waals surface area contributed by atoms with Crippen LogP contribution in [0.5, 0.6) is 0 Å². The van der Waals surface area contributed by atoms with Crippen LogP contribution in [0.4, 0.5) is 0 Å². The number of hydrogen-bond donors (Lipinski definition) is 2. The van der Waals surface area contributed by atoms with E-state index < -0.39 is 143 Å². The van der Waals surface area contributed by atoms with E-state index >= 15 is 28.8 Å². The Bertz CT molecular complexity index is 2780. The first-order valence-corrected chi connectivity index (χ1v) is 32.0. The zero-order valence-electron chi connectivity index (χ0n) is 56.5. The first-order chi connectivity index (χ1) is 40.9. The van der Waals surface area contributed by atoms with Crippen molar-refractivity contribution in [2.75, 3.05) is 34.7 Å². The number of carbonyl (C=O) groups is 9. The summed E-state index contributed by atoms with van der Waals surface area (Å²) in [5, 5.41) is 14.8. The molecule has 3 saturated heterocycles. The molecule has 2 N–H and O–H groups in total. The topological polar surface area (TPSA) is 230 Å². The van der Waals surface area contributed by atoms with E-state index in [-0.39, 0.29) is 56.3 Å². The predicted octanol–water partition coefficient (Wildman–Crippen LogP) is 6.85. The molecule has 2 aromatic rings. The molecule has 2 unspecified atom stereocenters. The SMILES string of the molecule is CCC(C)[C@@H]1CC(=O)[C@@H]2CCCN2C(=O)[C@H](Cc2cccc(B3OC(C)(C)C(C)(C)O3)c2)N(C)C(=O)[C@H](Cc2ccccc2)NC(=O)[C@H](C(C)C)N(C)C(=O)[C@@H](C(C)CC)OC(=O)[C@H](C(C)(C)O)N(C)C(=O)[C@H](CC(C)C)CC(=O)[C@H](C(C)C)N(C)C1=O. The van der Waals surface area contributed by atoms with Crippen LogP contribution in [0.25, 0.3) is 0 Å². The number of ketones is 2. The minimum absolute atomic E-state index is 0.0280. The number of nitrogens with one attached hydrogen (secondary N) is 1. The third kappa shape index (κ3) is 17.1. The molecule has 6 amide bonds. The van der Waals surface area contributed by atoms with Crippen LogP contribution in [-0.2, 0) is 70.0 Å². The highest BCUT2D eigenvalue weighted by molar-refractivity contribution is 6.62. The molecule has 2 aromatic carbocycles. The Hall–Kier alpha value is -5.99. The molecule has 19 nitrogen and oxygen atoms in total. The van der Waals surface area contributed by atoms with Crippen molar-refractivity contribution >= 4 is 65.6 Å². The van der Waals surface area contributed by atoms with Gasteiger partial charge in [0.15, 0.2) is 23.7 Å². The summed E-state index contributed by atoms with van der Waals surface area (Å²) >= 11 is 0. The molecule has 3 fully saturated rings. The molecule has 88 heavy (non-hydrogen) atoms. The Morgan fingerprint density at radius 2 is 1.22 bits per heavy atom. The molecular formula is C68H105BN6O13. The third-order valence-corrected chi connectivity index (χ3v) is 19.1. The van der Waals surface area contributed by atoms with Gasteiger partial charge in [-0.05, 0) is 107 Å². The minimum Gasteiger partial charge on any atom is -0.450 e. The number of nitrogens with zero attached hydrogens (tertiary/aromatic N) is 5. The van der Waals surface area contributed by atoms with E-state index in [9.17, 15) is 19.5 Å². The number of rotatable bonds is 14. The fraction of sp³-hybridized carbons (Fsp3) is 0.691. The molecule has 0 radical (unpaired) electrons. The van der Waals surface area contributed by atoms with Gasteiger partial charge in [0.2, 0.25) is 29.5 Å². The van der Waals surface area contributed by atoms with Crippen LogP contribution in [0.2, 0.25) is 0 Å². The lowest BCUT2D eigenvalue weighted by molar-refractivity contribution is -0.178. The number of likely N-dealkylation sites (N-methyl/N-ethyl adjacent to an activating group) is 4. The van der Waals surface area contributed by atoms with Crippen LogP contribution in [-0.4, -0.2) is 184 Å². The highest BCUT2D eigenvalue weighted by Gasteiger charge is 2.53. The summed E-state index contributed by atoms with van der Waals surface area (Å²) in [6, 6.07) is 8.96. The standard InChI is InChI=1S/C68H105BN6O13/c1-21-43(9)49-39-53(76)51-32-27-33-75(51)63(82)52(37-46-30-26-31-48(35-46)69-87-67(13,14)68(15,16)88-69)71(17)62(81)50(36-45-28-24-23-25-29-45)70-59(78)56(42(7)8)73(19)64(83)57(44(10)22-2)86-65(84)58(66(11,12)85)74(20)60(79)47(34-40(3)4)38-54(77)55(41(5)6)72(18)61(49)80/h23-26,28-31,35,40-44,47,49-52,55-58,85H,21-22,27,32-34,36-39H2,1-20H3,(H,70,78)/t43?,44?,47-,49+,50+,51+,52+,55+,56+,57-,58-/m1/s1. The monoisotopic (exact) mass is 1220 g/mol. The number of Topliss-reactive ketones (excluding diaryl/α,β-unsaturated/α-hetero) is 2.